The fraction of sp³-hybridized carbons (Fsp3) is 0.286. The van der Waals surface area contributed by atoms with E-state index in [4.69, 9.17) is 4.74 Å². The van der Waals surface area contributed by atoms with Crippen LogP contribution in [0.5, 0.6) is 5.75 Å². The Morgan fingerprint density at radius 1 is 1.40 bits per heavy atom. The maximum Gasteiger partial charge on any atom is 0.132 e. The van der Waals surface area contributed by atoms with Crippen LogP contribution in [-0.4, -0.2) is 13.7 Å². The van der Waals surface area contributed by atoms with Gasteiger partial charge in [0.15, 0.2) is 0 Å². The summed E-state index contributed by atoms with van der Waals surface area (Å²) in [6, 6.07) is 6.65. The first-order valence-corrected chi connectivity index (χ1v) is 8.49. The Kier molecular flexibility index (Phi) is 5.60. The molecule has 2 aromatic rings. The van der Waals surface area contributed by atoms with Gasteiger partial charge >= 0.3 is 0 Å². The highest BCUT2D eigenvalue weighted by Gasteiger charge is 2.23. The van der Waals surface area contributed by atoms with Crippen molar-refractivity contribution in [1.29, 1.82) is 0 Å². The van der Waals surface area contributed by atoms with Gasteiger partial charge < -0.3 is 10.1 Å². The minimum absolute atomic E-state index is 0.233. The molecule has 6 heteroatoms. The smallest absolute Gasteiger partial charge is 0.132 e. The molecule has 1 N–H and O–H groups in total. The normalized spacial score (nSPS) is 12.4. The highest BCUT2D eigenvalue weighted by Crippen LogP contribution is 2.40. The predicted octanol–water partition coefficient (Wildman–Crippen LogP) is 5.12. The molecule has 0 amide bonds. The fourth-order valence-electron chi connectivity index (χ4n) is 2.03. The maximum atomic E-state index is 14.3. The van der Waals surface area contributed by atoms with E-state index in [2.05, 4.69) is 37.2 Å². The van der Waals surface area contributed by atoms with E-state index in [1.807, 2.05) is 13.0 Å². The fourth-order valence-corrected chi connectivity index (χ4v) is 4.21. The van der Waals surface area contributed by atoms with Crippen molar-refractivity contribution in [2.75, 3.05) is 13.7 Å². The summed E-state index contributed by atoms with van der Waals surface area (Å²) in [5.41, 5.74) is 0.540. The lowest BCUT2D eigenvalue weighted by atomic mass is 10.0. The van der Waals surface area contributed by atoms with Crippen LogP contribution in [0.25, 0.3) is 0 Å². The molecular formula is C14H14Br2FNOS. The number of ether oxygens (including phenoxy) is 1. The van der Waals surface area contributed by atoms with Gasteiger partial charge in [-0.1, -0.05) is 13.0 Å². The monoisotopic (exact) mass is 421 g/mol. The molecule has 1 heterocycles. The maximum absolute atomic E-state index is 14.3. The molecule has 0 aliphatic rings. The summed E-state index contributed by atoms with van der Waals surface area (Å²) >= 11 is 8.52. The Morgan fingerprint density at radius 3 is 2.70 bits per heavy atom. The van der Waals surface area contributed by atoms with Crippen molar-refractivity contribution >= 4 is 43.2 Å². The van der Waals surface area contributed by atoms with Crippen molar-refractivity contribution in [3.05, 3.63) is 48.8 Å². The van der Waals surface area contributed by atoms with Crippen LogP contribution >= 0.6 is 43.2 Å². The average Bonchev–Trinajstić information content (AvgIpc) is 2.76. The number of rotatable bonds is 5. The Labute approximate surface area is 138 Å². The summed E-state index contributed by atoms with van der Waals surface area (Å²) in [7, 11) is 1.56. The number of hydrogen-bond donors (Lipinski definition) is 1. The van der Waals surface area contributed by atoms with Gasteiger partial charge in [0, 0.05) is 9.35 Å². The van der Waals surface area contributed by atoms with Crippen LogP contribution in [-0.2, 0) is 0 Å². The minimum Gasteiger partial charge on any atom is -0.496 e. The van der Waals surface area contributed by atoms with Gasteiger partial charge in [-0.2, -0.15) is 0 Å². The first kappa shape index (κ1) is 15.9. The molecule has 0 saturated carbocycles. The molecule has 20 heavy (non-hydrogen) atoms. The van der Waals surface area contributed by atoms with E-state index in [0.29, 0.717) is 11.3 Å². The van der Waals surface area contributed by atoms with E-state index in [-0.39, 0.29) is 11.9 Å². The van der Waals surface area contributed by atoms with Gasteiger partial charge in [-0.15, -0.1) is 11.3 Å². The number of thiophene rings is 1. The molecule has 0 spiro atoms. The lowest BCUT2D eigenvalue weighted by Crippen LogP contribution is -2.22. The largest absolute Gasteiger partial charge is 0.496 e. The molecule has 0 saturated heterocycles. The molecule has 108 valence electrons. The van der Waals surface area contributed by atoms with Gasteiger partial charge in [-0.25, -0.2) is 4.39 Å². The van der Waals surface area contributed by atoms with Crippen molar-refractivity contribution in [2.24, 2.45) is 0 Å². The number of hydrogen-bond acceptors (Lipinski definition) is 3. The Hall–Kier alpha value is -0.430. The van der Waals surface area contributed by atoms with Crippen molar-refractivity contribution in [1.82, 2.24) is 5.32 Å². The first-order chi connectivity index (χ1) is 9.58. The third-order valence-corrected chi connectivity index (χ3v) is 6.20. The quantitative estimate of drug-likeness (QED) is 0.721. The van der Waals surface area contributed by atoms with Crippen LogP contribution in [0.3, 0.4) is 0 Å². The summed E-state index contributed by atoms with van der Waals surface area (Å²) in [6.07, 6.45) is 0. The number of nitrogens with one attached hydrogen (secondary N) is 1. The second kappa shape index (κ2) is 7.02. The lowest BCUT2D eigenvalue weighted by Gasteiger charge is -2.20. The molecule has 2 nitrogen and oxygen atoms in total. The molecule has 1 atom stereocenters. The van der Waals surface area contributed by atoms with Gasteiger partial charge in [-0.3, -0.25) is 0 Å². The highest BCUT2D eigenvalue weighted by molar-refractivity contribution is 9.13. The molecule has 0 aliphatic carbocycles. The molecule has 1 unspecified atom stereocenters. The summed E-state index contributed by atoms with van der Waals surface area (Å²) < 4.78 is 21.5. The van der Waals surface area contributed by atoms with Crippen LogP contribution in [0.4, 0.5) is 4.39 Å². The number of methoxy groups -OCH3 is 1. The lowest BCUT2D eigenvalue weighted by molar-refractivity contribution is 0.398. The third-order valence-electron chi connectivity index (χ3n) is 2.88. The van der Waals surface area contributed by atoms with Crippen molar-refractivity contribution in [3.8, 4) is 5.75 Å². The van der Waals surface area contributed by atoms with E-state index in [0.717, 1.165) is 19.7 Å². The van der Waals surface area contributed by atoms with Gasteiger partial charge in [-0.05, 0) is 56.6 Å². The Bertz CT molecular complexity index is 583. The molecular weight excluding hydrogens is 409 g/mol. The molecule has 0 radical (unpaired) electrons. The van der Waals surface area contributed by atoms with E-state index in [1.54, 1.807) is 30.6 Å². The summed E-state index contributed by atoms with van der Waals surface area (Å²) in [5.74, 6) is 0.285. The second-order valence-corrected chi connectivity index (χ2v) is 7.37. The SMILES string of the molecule is CCNC(c1cc(Br)c(Br)s1)c1c(F)cccc1OC. The molecule has 0 fully saturated rings. The van der Waals surface area contributed by atoms with Crippen LogP contribution in [0.1, 0.15) is 23.4 Å². The van der Waals surface area contributed by atoms with E-state index < -0.39 is 0 Å². The van der Waals surface area contributed by atoms with Crippen molar-refractivity contribution < 1.29 is 9.13 Å². The zero-order valence-electron chi connectivity index (χ0n) is 11.0. The Balaban J connectivity index is 2.53. The predicted molar refractivity (Wildman–Crippen MR) is 88.2 cm³/mol. The third kappa shape index (κ3) is 3.24. The standard InChI is InChI=1S/C14H14Br2FNOS/c1-3-18-13(11-7-8(15)14(16)20-11)12-9(17)5-4-6-10(12)19-2/h4-7,13,18H,3H2,1-2H3. The molecule has 1 aromatic carbocycles. The number of benzene rings is 1. The van der Waals surface area contributed by atoms with Crippen LogP contribution in [0.2, 0.25) is 0 Å². The van der Waals surface area contributed by atoms with Crippen molar-refractivity contribution in [3.63, 3.8) is 0 Å². The summed E-state index contributed by atoms with van der Waals surface area (Å²) in [5, 5.41) is 3.32. The van der Waals surface area contributed by atoms with Gasteiger partial charge in [0.25, 0.3) is 0 Å². The van der Waals surface area contributed by atoms with Crippen molar-refractivity contribution in [2.45, 2.75) is 13.0 Å². The minimum atomic E-state index is -0.268. The Morgan fingerprint density at radius 2 is 2.15 bits per heavy atom. The molecule has 2 rings (SSSR count). The van der Waals surface area contributed by atoms with E-state index >= 15 is 0 Å². The second-order valence-electron chi connectivity index (χ2n) is 4.12. The molecule has 0 bridgehead atoms. The van der Waals surface area contributed by atoms with Gasteiger partial charge in [0.05, 0.1) is 22.5 Å². The van der Waals surface area contributed by atoms with E-state index in [9.17, 15) is 4.39 Å². The first-order valence-electron chi connectivity index (χ1n) is 6.09. The van der Waals surface area contributed by atoms with Crippen LogP contribution < -0.4 is 10.1 Å². The van der Waals surface area contributed by atoms with E-state index in [1.165, 1.54) is 6.07 Å². The average molecular weight is 423 g/mol. The zero-order chi connectivity index (χ0) is 14.7. The van der Waals surface area contributed by atoms with Crippen LogP contribution in [0, 0.1) is 5.82 Å². The molecule has 1 aromatic heterocycles. The summed E-state index contributed by atoms with van der Waals surface area (Å²) in [6.45, 7) is 2.73. The summed E-state index contributed by atoms with van der Waals surface area (Å²) in [4.78, 5) is 1.02. The van der Waals surface area contributed by atoms with Gasteiger partial charge in [0.1, 0.15) is 11.6 Å². The molecule has 0 aliphatic heterocycles. The number of halogens is 3. The highest BCUT2D eigenvalue weighted by atomic mass is 79.9. The zero-order valence-corrected chi connectivity index (χ0v) is 15.0. The van der Waals surface area contributed by atoms with Gasteiger partial charge in [0.2, 0.25) is 0 Å². The van der Waals surface area contributed by atoms with Crippen LogP contribution in [0.15, 0.2) is 32.5 Å². The topological polar surface area (TPSA) is 21.3 Å².